The predicted molar refractivity (Wildman–Crippen MR) is 75.5 cm³/mol. The van der Waals surface area contributed by atoms with E-state index < -0.39 is 6.10 Å². The largest absolute Gasteiger partial charge is 0.366 e. The molecule has 20 heavy (non-hydrogen) atoms. The second kappa shape index (κ2) is 7.02. The lowest BCUT2D eigenvalue weighted by molar-refractivity contribution is -0.128. The SMILES string of the molecule is CNC(=O)Cc1ccccc1NC(=O)C1CNCCO1. The fourth-order valence-corrected chi connectivity index (χ4v) is 2.00. The van der Waals surface area contributed by atoms with E-state index in [4.69, 9.17) is 4.74 Å². The Morgan fingerprint density at radius 2 is 2.20 bits per heavy atom. The van der Waals surface area contributed by atoms with Crippen molar-refractivity contribution in [2.24, 2.45) is 0 Å². The van der Waals surface area contributed by atoms with Gasteiger partial charge in [-0.25, -0.2) is 0 Å². The highest BCUT2D eigenvalue weighted by Gasteiger charge is 2.22. The first-order valence-corrected chi connectivity index (χ1v) is 6.62. The number of carbonyl (C=O) groups excluding carboxylic acids is 2. The predicted octanol–water partition coefficient (Wildman–Crippen LogP) is -0.0980. The number of carbonyl (C=O) groups is 2. The highest BCUT2D eigenvalue weighted by molar-refractivity contribution is 5.95. The van der Waals surface area contributed by atoms with E-state index in [0.717, 1.165) is 12.1 Å². The molecule has 0 aromatic heterocycles. The van der Waals surface area contributed by atoms with Gasteiger partial charge < -0.3 is 20.7 Å². The van der Waals surface area contributed by atoms with Gasteiger partial charge in [0.15, 0.2) is 0 Å². The summed E-state index contributed by atoms with van der Waals surface area (Å²) in [7, 11) is 1.59. The average Bonchev–Trinajstić information content (AvgIpc) is 2.50. The van der Waals surface area contributed by atoms with Gasteiger partial charge >= 0.3 is 0 Å². The van der Waals surface area contributed by atoms with Crippen molar-refractivity contribution < 1.29 is 14.3 Å². The zero-order valence-corrected chi connectivity index (χ0v) is 11.4. The van der Waals surface area contributed by atoms with Crippen LogP contribution in [0, 0.1) is 0 Å². The number of rotatable bonds is 4. The van der Waals surface area contributed by atoms with Gasteiger partial charge in [-0.05, 0) is 11.6 Å². The maximum atomic E-state index is 12.1. The third-order valence-electron chi connectivity index (χ3n) is 3.13. The van der Waals surface area contributed by atoms with Crippen LogP contribution in [0.1, 0.15) is 5.56 Å². The zero-order valence-electron chi connectivity index (χ0n) is 11.4. The van der Waals surface area contributed by atoms with Crippen molar-refractivity contribution in [1.82, 2.24) is 10.6 Å². The fourth-order valence-electron chi connectivity index (χ4n) is 2.00. The Labute approximate surface area is 117 Å². The number of anilines is 1. The summed E-state index contributed by atoms with van der Waals surface area (Å²) in [4.78, 5) is 23.6. The molecule has 1 unspecified atom stereocenters. The van der Waals surface area contributed by atoms with Crippen LogP contribution in [0.4, 0.5) is 5.69 Å². The van der Waals surface area contributed by atoms with Crippen LogP contribution in [0.25, 0.3) is 0 Å². The maximum absolute atomic E-state index is 12.1. The van der Waals surface area contributed by atoms with Crippen molar-refractivity contribution in [3.8, 4) is 0 Å². The van der Waals surface area contributed by atoms with E-state index in [1.165, 1.54) is 0 Å². The minimum atomic E-state index is -0.489. The molecular weight excluding hydrogens is 258 g/mol. The van der Waals surface area contributed by atoms with E-state index in [2.05, 4.69) is 16.0 Å². The number of amides is 2. The van der Waals surface area contributed by atoms with Crippen LogP contribution in [-0.2, 0) is 20.7 Å². The molecule has 1 aromatic rings. The van der Waals surface area contributed by atoms with Gasteiger partial charge in [-0.1, -0.05) is 18.2 Å². The average molecular weight is 277 g/mol. The van der Waals surface area contributed by atoms with Gasteiger partial charge in [-0.2, -0.15) is 0 Å². The van der Waals surface area contributed by atoms with Crippen molar-refractivity contribution in [2.45, 2.75) is 12.5 Å². The Balaban J connectivity index is 2.04. The van der Waals surface area contributed by atoms with Gasteiger partial charge in [0.2, 0.25) is 5.91 Å². The van der Waals surface area contributed by atoms with Crippen LogP contribution in [0.15, 0.2) is 24.3 Å². The fraction of sp³-hybridized carbons (Fsp3) is 0.429. The van der Waals surface area contributed by atoms with Crippen molar-refractivity contribution >= 4 is 17.5 Å². The van der Waals surface area contributed by atoms with Gasteiger partial charge in [0.25, 0.3) is 5.91 Å². The Hall–Kier alpha value is -1.92. The van der Waals surface area contributed by atoms with Crippen LogP contribution in [0.5, 0.6) is 0 Å². The third-order valence-corrected chi connectivity index (χ3v) is 3.13. The molecule has 2 rings (SSSR count). The lowest BCUT2D eigenvalue weighted by Gasteiger charge is -2.23. The molecule has 1 aromatic carbocycles. The summed E-state index contributed by atoms with van der Waals surface area (Å²) in [6.45, 7) is 1.79. The number of hydrogen-bond donors (Lipinski definition) is 3. The summed E-state index contributed by atoms with van der Waals surface area (Å²) in [5.74, 6) is -0.288. The monoisotopic (exact) mass is 277 g/mol. The Morgan fingerprint density at radius 1 is 1.40 bits per heavy atom. The second-order valence-corrected chi connectivity index (χ2v) is 4.56. The van der Waals surface area contributed by atoms with Crippen molar-refractivity contribution in [3.63, 3.8) is 0 Å². The normalized spacial score (nSPS) is 18.4. The highest BCUT2D eigenvalue weighted by Crippen LogP contribution is 2.16. The Kier molecular flexibility index (Phi) is 5.09. The smallest absolute Gasteiger partial charge is 0.254 e. The first kappa shape index (κ1) is 14.5. The number of likely N-dealkylation sites (N-methyl/N-ethyl adjacent to an activating group) is 1. The van der Waals surface area contributed by atoms with Gasteiger partial charge in [0, 0.05) is 25.8 Å². The number of para-hydroxylation sites is 1. The molecule has 1 fully saturated rings. The van der Waals surface area contributed by atoms with E-state index in [9.17, 15) is 9.59 Å². The van der Waals surface area contributed by atoms with E-state index in [0.29, 0.717) is 18.8 Å². The molecule has 108 valence electrons. The van der Waals surface area contributed by atoms with E-state index >= 15 is 0 Å². The van der Waals surface area contributed by atoms with E-state index in [1.807, 2.05) is 18.2 Å². The molecule has 6 nitrogen and oxygen atoms in total. The van der Waals surface area contributed by atoms with Crippen LogP contribution in [-0.4, -0.2) is 44.7 Å². The molecule has 1 aliphatic rings. The molecule has 0 radical (unpaired) electrons. The van der Waals surface area contributed by atoms with Crippen LogP contribution < -0.4 is 16.0 Å². The van der Waals surface area contributed by atoms with E-state index in [1.54, 1.807) is 13.1 Å². The number of hydrogen-bond acceptors (Lipinski definition) is 4. The summed E-state index contributed by atoms with van der Waals surface area (Å²) in [5.41, 5.74) is 1.43. The molecule has 0 aliphatic carbocycles. The van der Waals surface area contributed by atoms with Gasteiger partial charge in [-0.3, -0.25) is 9.59 Å². The van der Waals surface area contributed by atoms with Crippen molar-refractivity contribution in [3.05, 3.63) is 29.8 Å². The number of morpholine rings is 1. The zero-order chi connectivity index (χ0) is 14.4. The number of nitrogens with one attached hydrogen (secondary N) is 3. The molecule has 1 aliphatic heterocycles. The molecule has 2 amide bonds. The summed E-state index contributed by atoms with van der Waals surface area (Å²) in [5, 5.41) is 8.50. The molecule has 6 heteroatoms. The molecule has 1 heterocycles. The first-order chi connectivity index (χ1) is 9.70. The Bertz CT molecular complexity index is 484. The summed E-state index contributed by atoms with van der Waals surface area (Å²) in [6.07, 6.45) is -0.256. The number of ether oxygens (including phenoxy) is 1. The van der Waals surface area contributed by atoms with E-state index in [-0.39, 0.29) is 18.2 Å². The molecule has 0 bridgehead atoms. The van der Waals surface area contributed by atoms with Crippen LogP contribution in [0.3, 0.4) is 0 Å². The van der Waals surface area contributed by atoms with Crippen molar-refractivity contribution in [2.75, 3.05) is 32.1 Å². The second-order valence-electron chi connectivity index (χ2n) is 4.56. The van der Waals surface area contributed by atoms with Crippen LogP contribution >= 0.6 is 0 Å². The molecule has 1 saturated heterocycles. The Morgan fingerprint density at radius 3 is 2.90 bits per heavy atom. The minimum absolute atomic E-state index is 0.0951. The van der Waals surface area contributed by atoms with Crippen molar-refractivity contribution in [1.29, 1.82) is 0 Å². The number of benzene rings is 1. The highest BCUT2D eigenvalue weighted by atomic mass is 16.5. The topological polar surface area (TPSA) is 79.5 Å². The molecule has 0 saturated carbocycles. The molecular formula is C14H19N3O3. The lowest BCUT2D eigenvalue weighted by atomic mass is 10.1. The molecule has 0 spiro atoms. The third kappa shape index (κ3) is 3.79. The molecule has 1 atom stereocenters. The molecule has 3 N–H and O–H groups in total. The summed E-state index contributed by atoms with van der Waals surface area (Å²) >= 11 is 0. The van der Waals surface area contributed by atoms with Crippen LogP contribution in [0.2, 0.25) is 0 Å². The standard InChI is InChI=1S/C14H19N3O3/c1-15-13(18)8-10-4-2-3-5-11(10)17-14(19)12-9-16-6-7-20-12/h2-5,12,16H,6-9H2,1H3,(H,15,18)(H,17,19). The van der Waals surface area contributed by atoms with Gasteiger partial charge in [0.05, 0.1) is 13.0 Å². The first-order valence-electron chi connectivity index (χ1n) is 6.62. The minimum Gasteiger partial charge on any atom is -0.366 e. The summed E-state index contributed by atoms with van der Waals surface area (Å²) < 4.78 is 5.40. The lowest BCUT2D eigenvalue weighted by Crippen LogP contribution is -2.45. The summed E-state index contributed by atoms with van der Waals surface area (Å²) in [6, 6.07) is 7.27. The quantitative estimate of drug-likeness (QED) is 0.718. The van der Waals surface area contributed by atoms with Gasteiger partial charge in [-0.15, -0.1) is 0 Å². The maximum Gasteiger partial charge on any atom is 0.254 e. The van der Waals surface area contributed by atoms with Gasteiger partial charge in [0.1, 0.15) is 6.10 Å².